The maximum Gasteiger partial charge on any atom is 0.227 e. The van der Waals surface area contributed by atoms with Crippen molar-refractivity contribution in [2.24, 2.45) is 0 Å². The van der Waals surface area contributed by atoms with Gasteiger partial charge < -0.3 is 10.2 Å². The van der Waals surface area contributed by atoms with E-state index in [-0.39, 0.29) is 0 Å². The molecule has 0 spiro atoms. The zero-order valence-electron chi connectivity index (χ0n) is 8.85. The predicted molar refractivity (Wildman–Crippen MR) is 68.9 cm³/mol. The average Bonchev–Trinajstić information content (AvgIpc) is 2.74. The highest BCUT2D eigenvalue weighted by atomic mass is 35.5. The first-order chi connectivity index (χ1) is 8.24. The Morgan fingerprint density at radius 3 is 2.65 bits per heavy atom. The molecule has 0 aliphatic heterocycles. The maximum absolute atomic E-state index is 5.92. The van der Waals surface area contributed by atoms with Gasteiger partial charge in [0, 0.05) is 10.6 Å². The van der Waals surface area contributed by atoms with Gasteiger partial charge in [-0.3, -0.25) is 0 Å². The summed E-state index contributed by atoms with van der Waals surface area (Å²) in [6.07, 6.45) is 0. The normalized spacial score (nSPS) is 10.9. The smallest absolute Gasteiger partial charge is 0.227 e. The molecule has 0 atom stereocenters. The Balaban J connectivity index is 2.24. The van der Waals surface area contributed by atoms with Gasteiger partial charge in [-0.05, 0) is 24.3 Å². The fourth-order valence-corrected chi connectivity index (χ4v) is 1.95. The van der Waals surface area contributed by atoms with E-state index in [0.29, 0.717) is 27.7 Å². The van der Waals surface area contributed by atoms with E-state index in [4.69, 9.17) is 21.8 Å². The molecule has 1 aromatic heterocycles. The highest BCUT2D eigenvalue weighted by Crippen LogP contribution is 2.30. The summed E-state index contributed by atoms with van der Waals surface area (Å²) >= 11 is 5.92. The Morgan fingerprint density at radius 1 is 1.12 bits per heavy atom. The Morgan fingerprint density at radius 2 is 1.88 bits per heavy atom. The highest BCUT2D eigenvalue weighted by Gasteiger charge is 2.10. The number of fused-ring (bicyclic) bond motifs is 1. The summed E-state index contributed by atoms with van der Waals surface area (Å²) in [7, 11) is 0. The summed E-state index contributed by atoms with van der Waals surface area (Å²) in [6, 6.07) is 13.1. The van der Waals surface area contributed by atoms with Gasteiger partial charge in [0.1, 0.15) is 5.52 Å². The molecule has 3 rings (SSSR count). The maximum atomic E-state index is 5.92. The lowest BCUT2D eigenvalue weighted by molar-refractivity contribution is 0.621. The van der Waals surface area contributed by atoms with E-state index in [0.717, 1.165) is 5.56 Å². The number of nitrogens with two attached hydrogens (primary N) is 1. The molecule has 0 saturated carbocycles. The van der Waals surface area contributed by atoms with Crippen LogP contribution in [0, 0.1) is 0 Å². The molecule has 0 bridgehead atoms. The van der Waals surface area contributed by atoms with E-state index in [1.165, 1.54) is 0 Å². The number of oxazole rings is 1. The molecular formula is C13H9ClN2O. The first-order valence-electron chi connectivity index (χ1n) is 5.15. The average molecular weight is 245 g/mol. The lowest BCUT2D eigenvalue weighted by atomic mass is 10.2. The monoisotopic (exact) mass is 244 g/mol. The second-order valence-corrected chi connectivity index (χ2v) is 4.16. The minimum Gasteiger partial charge on any atom is -0.434 e. The molecule has 1 heterocycles. The number of nitrogen functional groups attached to an aromatic ring is 1. The molecule has 4 heteroatoms. The van der Waals surface area contributed by atoms with Crippen LogP contribution in [-0.2, 0) is 0 Å². The first kappa shape index (κ1) is 10.2. The SMILES string of the molecule is Nc1cc(Cl)cc2nc(-c3ccccc3)oc12. The molecule has 2 aromatic carbocycles. The van der Waals surface area contributed by atoms with Gasteiger partial charge >= 0.3 is 0 Å². The molecule has 3 nitrogen and oxygen atoms in total. The third-order valence-electron chi connectivity index (χ3n) is 2.50. The molecule has 0 aliphatic rings. The van der Waals surface area contributed by atoms with E-state index in [9.17, 15) is 0 Å². The van der Waals surface area contributed by atoms with Crippen molar-refractivity contribution >= 4 is 28.4 Å². The van der Waals surface area contributed by atoms with Gasteiger partial charge in [0.25, 0.3) is 0 Å². The van der Waals surface area contributed by atoms with Gasteiger partial charge in [-0.1, -0.05) is 29.8 Å². The molecule has 0 fully saturated rings. The summed E-state index contributed by atoms with van der Waals surface area (Å²) in [5.74, 6) is 0.551. The summed E-state index contributed by atoms with van der Waals surface area (Å²) in [4.78, 5) is 4.37. The number of nitrogens with zero attached hydrogens (tertiary/aromatic N) is 1. The second-order valence-electron chi connectivity index (χ2n) is 3.73. The summed E-state index contributed by atoms with van der Waals surface area (Å²) in [6.45, 7) is 0. The van der Waals surface area contributed by atoms with Gasteiger partial charge in [-0.15, -0.1) is 0 Å². The topological polar surface area (TPSA) is 52.0 Å². The molecule has 0 amide bonds. The molecular weight excluding hydrogens is 236 g/mol. The van der Waals surface area contributed by atoms with Crippen LogP contribution in [0.15, 0.2) is 46.9 Å². The zero-order chi connectivity index (χ0) is 11.8. The number of aromatic nitrogens is 1. The summed E-state index contributed by atoms with van der Waals surface area (Å²) < 4.78 is 5.65. The fourth-order valence-electron chi connectivity index (χ4n) is 1.73. The van der Waals surface area contributed by atoms with Crippen molar-refractivity contribution in [3.8, 4) is 11.5 Å². The second kappa shape index (κ2) is 3.79. The van der Waals surface area contributed by atoms with Gasteiger partial charge in [0.2, 0.25) is 5.89 Å². The van der Waals surface area contributed by atoms with Gasteiger partial charge in [0.05, 0.1) is 5.69 Å². The quantitative estimate of drug-likeness (QED) is 0.664. The minimum absolute atomic E-state index is 0.502. The molecule has 0 saturated heterocycles. The highest BCUT2D eigenvalue weighted by molar-refractivity contribution is 6.31. The summed E-state index contributed by atoms with van der Waals surface area (Å²) in [5, 5.41) is 0.558. The summed E-state index contributed by atoms with van der Waals surface area (Å²) in [5.41, 5.74) is 8.50. The molecule has 0 radical (unpaired) electrons. The van der Waals surface area contributed by atoms with Crippen LogP contribution in [0.3, 0.4) is 0 Å². The molecule has 2 N–H and O–H groups in total. The van der Waals surface area contributed by atoms with Crippen molar-refractivity contribution in [3.63, 3.8) is 0 Å². The van der Waals surface area contributed by atoms with Crippen LogP contribution in [0.5, 0.6) is 0 Å². The Kier molecular flexibility index (Phi) is 2.27. The van der Waals surface area contributed by atoms with Crippen molar-refractivity contribution in [1.29, 1.82) is 0 Å². The van der Waals surface area contributed by atoms with Crippen molar-refractivity contribution in [2.45, 2.75) is 0 Å². The number of halogens is 1. The molecule has 3 aromatic rings. The van der Waals surface area contributed by atoms with Crippen LogP contribution in [0.1, 0.15) is 0 Å². The van der Waals surface area contributed by atoms with Crippen molar-refractivity contribution in [3.05, 3.63) is 47.5 Å². The minimum atomic E-state index is 0.502. The molecule has 0 aliphatic carbocycles. The van der Waals surface area contributed by atoms with Gasteiger partial charge in [0.15, 0.2) is 5.58 Å². The Hall–Kier alpha value is -2.00. The van der Waals surface area contributed by atoms with Crippen LogP contribution in [0.2, 0.25) is 5.02 Å². The molecule has 84 valence electrons. The standard InChI is InChI=1S/C13H9ClN2O/c14-9-6-10(15)12-11(7-9)16-13(17-12)8-4-2-1-3-5-8/h1-7H,15H2. The van der Waals surface area contributed by atoms with Crippen molar-refractivity contribution in [1.82, 2.24) is 4.98 Å². The van der Waals surface area contributed by atoms with E-state index in [1.54, 1.807) is 12.1 Å². The van der Waals surface area contributed by atoms with Crippen LogP contribution < -0.4 is 5.73 Å². The van der Waals surface area contributed by atoms with E-state index in [1.807, 2.05) is 30.3 Å². The zero-order valence-corrected chi connectivity index (χ0v) is 9.61. The fraction of sp³-hybridized carbons (Fsp3) is 0. The Bertz CT molecular complexity index is 676. The van der Waals surface area contributed by atoms with Gasteiger partial charge in [-0.25, -0.2) is 4.98 Å². The predicted octanol–water partition coefficient (Wildman–Crippen LogP) is 3.73. The van der Waals surface area contributed by atoms with Crippen LogP contribution >= 0.6 is 11.6 Å². The third kappa shape index (κ3) is 1.74. The number of hydrogen-bond acceptors (Lipinski definition) is 3. The van der Waals surface area contributed by atoms with Crippen molar-refractivity contribution < 1.29 is 4.42 Å². The first-order valence-corrected chi connectivity index (χ1v) is 5.53. The van der Waals surface area contributed by atoms with E-state index >= 15 is 0 Å². The van der Waals surface area contributed by atoms with E-state index < -0.39 is 0 Å². The van der Waals surface area contributed by atoms with Gasteiger partial charge in [-0.2, -0.15) is 0 Å². The van der Waals surface area contributed by atoms with Crippen LogP contribution in [-0.4, -0.2) is 4.98 Å². The number of hydrogen-bond donors (Lipinski definition) is 1. The third-order valence-corrected chi connectivity index (χ3v) is 2.72. The van der Waals surface area contributed by atoms with Crippen LogP contribution in [0.4, 0.5) is 5.69 Å². The molecule has 17 heavy (non-hydrogen) atoms. The lowest BCUT2D eigenvalue weighted by Gasteiger charge is -1.94. The number of benzene rings is 2. The number of rotatable bonds is 1. The lowest BCUT2D eigenvalue weighted by Crippen LogP contribution is -1.84. The van der Waals surface area contributed by atoms with Crippen LogP contribution in [0.25, 0.3) is 22.6 Å². The number of anilines is 1. The Labute approximate surface area is 103 Å². The van der Waals surface area contributed by atoms with Crippen molar-refractivity contribution in [2.75, 3.05) is 5.73 Å². The molecule has 0 unspecified atom stereocenters. The largest absolute Gasteiger partial charge is 0.434 e. The van der Waals surface area contributed by atoms with E-state index in [2.05, 4.69) is 4.98 Å².